The van der Waals surface area contributed by atoms with Crippen molar-refractivity contribution in [3.63, 3.8) is 0 Å². The number of benzene rings is 2. The molecule has 0 aliphatic rings. The van der Waals surface area contributed by atoms with Crippen molar-refractivity contribution in [1.29, 1.82) is 0 Å². The number of hydrogen-bond donors (Lipinski definition) is 2. The molecular weight excluding hydrogens is 236 g/mol. The molecule has 0 heterocycles. The van der Waals surface area contributed by atoms with Gasteiger partial charge in [0.15, 0.2) is 0 Å². The molecule has 2 rings (SSSR count). The van der Waals surface area contributed by atoms with Crippen LogP contribution in [0.4, 0.5) is 11.4 Å². The number of nitrogens with one attached hydrogen (secondary N) is 1. The number of anilines is 2. The highest BCUT2D eigenvalue weighted by Gasteiger charge is 1.98. The maximum atomic E-state index is 5.82. The van der Waals surface area contributed by atoms with Crippen molar-refractivity contribution in [2.24, 2.45) is 0 Å². The van der Waals surface area contributed by atoms with Crippen LogP contribution in [0.2, 0.25) is 0 Å². The van der Waals surface area contributed by atoms with Gasteiger partial charge >= 0.3 is 0 Å². The monoisotopic (exact) mass is 256 g/mol. The van der Waals surface area contributed by atoms with Crippen LogP contribution in [0.5, 0.6) is 5.75 Å². The van der Waals surface area contributed by atoms with Gasteiger partial charge < -0.3 is 15.8 Å². The molecule has 3 N–H and O–H groups in total. The minimum atomic E-state index is 0.795. The van der Waals surface area contributed by atoms with Crippen LogP contribution in [0.25, 0.3) is 0 Å². The summed E-state index contributed by atoms with van der Waals surface area (Å²) in [5.41, 5.74) is 10.1. The number of rotatable bonds is 5. The summed E-state index contributed by atoms with van der Waals surface area (Å²) in [6, 6.07) is 14.2. The number of methoxy groups -OCH3 is 1. The summed E-state index contributed by atoms with van der Waals surface area (Å²) >= 11 is 0. The van der Waals surface area contributed by atoms with Crippen molar-refractivity contribution < 1.29 is 4.74 Å². The van der Waals surface area contributed by atoms with Crippen LogP contribution in [0.1, 0.15) is 11.1 Å². The maximum Gasteiger partial charge on any atom is 0.119 e. The molecule has 0 amide bonds. The lowest BCUT2D eigenvalue weighted by Gasteiger charge is -2.09. The van der Waals surface area contributed by atoms with E-state index >= 15 is 0 Å². The number of ether oxygens (including phenoxy) is 1. The van der Waals surface area contributed by atoms with Gasteiger partial charge in [0.25, 0.3) is 0 Å². The Hall–Kier alpha value is -2.16. The predicted molar refractivity (Wildman–Crippen MR) is 80.8 cm³/mol. The summed E-state index contributed by atoms with van der Waals surface area (Å²) < 4.78 is 5.21. The topological polar surface area (TPSA) is 47.3 Å². The average molecular weight is 256 g/mol. The molecule has 0 aliphatic heterocycles. The predicted octanol–water partition coefficient (Wildman–Crippen LogP) is 3.24. The van der Waals surface area contributed by atoms with Crippen molar-refractivity contribution in [1.82, 2.24) is 0 Å². The smallest absolute Gasteiger partial charge is 0.119 e. The fourth-order valence-electron chi connectivity index (χ4n) is 2.09. The molecule has 0 unspecified atom stereocenters. The van der Waals surface area contributed by atoms with Crippen LogP contribution in [0, 0.1) is 6.92 Å². The van der Waals surface area contributed by atoms with E-state index in [9.17, 15) is 0 Å². The maximum absolute atomic E-state index is 5.82. The summed E-state index contributed by atoms with van der Waals surface area (Å²) in [6.45, 7) is 2.92. The van der Waals surface area contributed by atoms with Crippen LogP contribution in [-0.2, 0) is 6.42 Å². The molecule has 3 heteroatoms. The van der Waals surface area contributed by atoms with E-state index in [0.29, 0.717) is 0 Å². The highest BCUT2D eigenvalue weighted by atomic mass is 16.5. The first-order chi connectivity index (χ1) is 9.17. The first kappa shape index (κ1) is 13.3. The molecule has 100 valence electrons. The highest BCUT2D eigenvalue weighted by molar-refractivity contribution is 5.56. The van der Waals surface area contributed by atoms with Crippen LogP contribution in [0.15, 0.2) is 42.5 Å². The second kappa shape index (κ2) is 6.14. The molecule has 0 bridgehead atoms. The van der Waals surface area contributed by atoms with E-state index in [2.05, 4.69) is 23.5 Å². The van der Waals surface area contributed by atoms with Gasteiger partial charge in [-0.3, -0.25) is 0 Å². The van der Waals surface area contributed by atoms with Crippen molar-refractivity contribution in [2.75, 3.05) is 24.7 Å². The van der Waals surface area contributed by atoms with Gasteiger partial charge in [-0.25, -0.2) is 0 Å². The molecular formula is C16H20N2O. The van der Waals surface area contributed by atoms with Gasteiger partial charge in [0.1, 0.15) is 5.75 Å². The van der Waals surface area contributed by atoms with Gasteiger partial charge in [-0.05, 0) is 54.8 Å². The summed E-state index contributed by atoms with van der Waals surface area (Å²) in [5.74, 6) is 0.900. The quantitative estimate of drug-likeness (QED) is 0.807. The van der Waals surface area contributed by atoms with E-state index in [1.165, 1.54) is 11.1 Å². The second-order valence-electron chi connectivity index (χ2n) is 4.66. The average Bonchev–Trinajstić information content (AvgIpc) is 2.38. The van der Waals surface area contributed by atoms with Crippen molar-refractivity contribution >= 4 is 11.4 Å². The third-order valence-corrected chi connectivity index (χ3v) is 2.98. The zero-order valence-corrected chi connectivity index (χ0v) is 11.4. The Morgan fingerprint density at radius 1 is 1.16 bits per heavy atom. The Morgan fingerprint density at radius 3 is 2.74 bits per heavy atom. The summed E-state index contributed by atoms with van der Waals surface area (Å²) in [5, 5.41) is 3.39. The van der Waals surface area contributed by atoms with E-state index in [4.69, 9.17) is 10.5 Å². The number of hydrogen-bond acceptors (Lipinski definition) is 3. The van der Waals surface area contributed by atoms with Crippen molar-refractivity contribution in [3.8, 4) is 5.75 Å². The van der Waals surface area contributed by atoms with Gasteiger partial charge in [-0.2, -0.15) is 0 Å². The summed E-state index contributed by atoms with van der Waals surface area (Å²) in [7, 11) is 1.69. The first-order valence-corrected chi connectivity index (χ1v) is 6.41. The number of aryl methyl sites for hydroxylation is 1. The third kappa shape index (κ3) is 3.91. The Bertz CT molecular complexity index is 532. The lowest BCUT2D eigenvalue weighted by molar-refractivity contribution is 0.414. The Morgan fingerprint density at radius 2 is 2.00 bits per heavy atom. The summed E-state index contributed by atoms with van der Waals surface area (Å²) in [6.07, 6.45) is 0.949. The van der Waals surface area contributed by atoms with E-state index in [1.54, 1.807) is 7.11 Å². The molecule has 0 saturated heterocycles. The largest absolute Gasteiger partial charge is 0.497 e. The van der Waals surface area contributed by atoms with Crippen molar-refractivity contribution in [3.05, 3.63) is 53.6 Å². The first-order valence-electron chi connectivity index (χ1n) is 6.41. The zero-order valence-electron chi connectivity index (χ0n) is 11.4. The van der Waals surface area contributed by atoms with E-state index in [1.807, 2.05) is 31.2 Å². The van der Waals surface area contributed by atoms with Crippen molar-refractivity contribution in [2.45, 2.75) is 13.3 Å². The second-order valence-corrected chi connectivity index (χ2v) is 4.66. The molecule has 0 saturated carbocycles. The Balaban J connectivity index is 1.92. The molecule has 19 heavy (non-hydrogen) atoms. The lowest BCUT2D eigenvalue weighted by Crippen LogP contribution is -2.05. The third-order valence-electron chi connectivity index (χ3n) is 2.98. The molecule has 0 aliphatic carbocycles. The van der Waals surface area contributed by atoms with E-state index in [-0.39, 0.29) is 0 Å². The fourth-order valence-corrected chi connectivity index (χ4v) is 2.09. The lowest BCUT2D eigenvalue weighted by atomic mass is 10.1. The fraction of sp³-hybridized carbons (Fsp3) is 0.250. The molecule has 3 nitrogen and oxygen atoms in total. The van der Waals surface area contributed by atoms with E-state index < -0.39 is 0 Å². The molecule has 0 atom stereocenters. The number of nitrogen functional groups attached to an aromatic ring is 1. The molecule has 0 fully saturated rings. The highest BCUT2D eigenvalue weighted by Crippen LogP contribution is 2.17. The van der Waals surface area contributed by atoms with Gasteiger partial charge in [0.2, 0.25) is 0 Å². The van der Waals surface area contributed by atoms with Gasteiger partial charge in [-0.15, -0.1) is 0 Å². The Labute approximate surface area is 114 Å². The van der Waals surface area contributed by atoms with Crippen LogP contribution in [-0.4, -0.2) is 13.7 Å². The standard InChI is InChI=1S/C16H20N2O/c1-12-8-14(17)11-15(9-12)18-7-6-13-4-3-5-16(10-13)19-2/h3-5,8-11,18H,6-7,17H2,1-2H3. The molecule has 2 aromatic carbocycles. The minimum absolute atomic E-state index is 0.795. The number of nitrogens with two attached hydrogens (primary N) is 1. The van der Waals surface area contributed by atoms with Crippen LogP contribution < -0.4 is 15.8 Å². The molecule has 0 radical (unpaired) electrons. The van der Waals surface area contributed by atoms with Gasteiger partial charge in [0, 0.05) is 17.9 Å². The van der Waals surface area contributed by atoms with Gasteiger partial charge in [0.05, 0.1) is 7.11 Å². The molecule has 0 aromatic heterocycles. The van der Waals surface area contributed by atoms with Crippen LogP contribution in [0.3, 0.4) is 0 Å². The SMILES string of the molecule is COc1cccc(CCNc2cc(C)cc(N)c2)c1. The molecule has 2 aromatic rings. The van der Waals surface area contributed by atoms with E-state index in [0.717, 1.165) is 30.1 Å². The summed E-state index contributed by atoms with van der Waals surface area (Å²) in [4.78, 5) is 0. The Kier molecular flexibility index (Phi) is 4.29. The minimum Gasteiger partial charge on any atom is -0.497 e. The van der Waals surface area contributed by atoms with Crippen LogP contribution >= 0.6 is 0 Å². The van der Waals surface area contributed by atoms with Gasteiger partial charge in [-0.1, -0.05) is 12.1 Å². The zero-order chi connectivity index (χ0) is 13.7. The normalized spacial score (nSPS) is 10.2. The molecule has 0 spiro atoms.